The van der Waals surface area contributed by atoms with Crippen molar-refractivity contribution in [1.82, 2.24) is 5.48 Å². The summed E-state index contributed by atoms with van der Waals surface area (Å²) in [4.78, 5) is 16.9. The maximum absolute atomic E-state index is 11.4. The number of carbonyl (C=O) groups excluding carboxylic acids is 1. The minimum Gasteiger partial charge on any atom is -0.273 e. The fourth-order valence-electron chi connectivity index (χ4n) is 2.10. The Balaban J connectivity index is 2.05. The van der Waals surface area contributed by atoms with E-state index in [9.17, 15) is 4.79 Å². The van der Waals surface area contributed by atoms with E-state index in [4.69, 9.17) is 4.84 Å². The third-order valence-corrected chi connectivity index (χ3v) is 3.15. The van der Waals surface area contributed by atoms with Crippen molar-refractivity contribution in [2.24, 2.45) is 0 Å². The first-order valence-electron chi connectivity index (χ1n) is 6.77. The zero-order valence-electron chi connectivity index (χ0n) is 10.5. The lowest BCUT2D eigenvalue weighted by Crippen LogP contribution is -2.29. The zero-order valence-corrected chi connectivity index (χ0v) is 10.5. The van der Waals surface area contributed by atoms with E-state index >= 15 is 0 Å². The smallest absolute Gasteiger partial charge is 0.243 e. The van der Waals surface area contributed by atoms with Gasteiger partial charge in [0, 0.05) is 6.42 Å². The molecule has 0 spiro atoms. The van der Waals surface area contributed by atoms with Gasteiger partial charge in [-0.3, -0.25) is 9.63 Å². The van der Waals surface area contributed by atoms with Crippen molar-refractivity contribution < 1.29 is 9.63 Å². The Kier molecular flexibility index (Phi) is 7.23. The number of hydroxylamine groups is 1. The van der Waals surface area contributed by atoms with Crippen LogP contribution in [0.5, 0.6) is 0 Å². The molecule has 1 amide bonds. The molecule has 1 aliphatic carbocycles. The van der Waals surface area contributed by atoms with Crippen molar-refractivity contribution >= 4 is 5.91 Å². The molecule has 0 aliphatic heterocycles. The average molecular weight is 227 g/mol. The van der Waals surface area contributed by atoms with Crippen LogP contribution in [0.15, 0.2) is 0 Å². The van der Waals surface area contributed by atoms with Crippen molar-refractivity contribution in [1.29, 1.82) is 0 Å². The summed E-state index contributed by atoms with van der Waals surface area (Å²) in [5.41, 5.74) is 2.60. The highest BCUT2D eigenvalue weighted by Crippen LogP contribution is 2.18. The molecule has 0 bridgehead atoms. The van der Waals surface area contributed by atoms with Gasteiger partial charge < -0.3 is 0 Å². The number of unbranched alkanes of at least 4 members (excludes halogenated alkanes) is 2. The van der Waals surface area contributed by atoms with Crippen molar-refractivity contribution in [3.05, 3.63) is 0 Å². The second kappa shape index (κ2) is 8.57. The summed E-state index contributed by atoms with van der Waals surface area (Å²) in [5.74, 6) is 0.0395. The van der Waals surface area contributed by atoms with Gasteiger partial charge in [0.15, 0.2) is 0 Å². The summed E-state index contributed by atoms with van der Waals surface area (Å²) < 4.78 is 0. The molecule has 1 saturated carbocycles. The van der Waals surface area contributed by atoms with Crippen LogP contribution in [-0.4, -0.2) is 12.0 Å². The number of rotatable bonds is 6. The fraction of sp³-hybridized carbons (Fsp3) is 0.923. The molecular weight excluding hydrogens is 202 g/mol. The molecule has 16 heavy (non-hydrogen) atoms. The molecular formula is C13H25NO2. The van der Waals surface area contributed by atoms with Crippen molar-refractivity contribution in [3.8, 4) is 0 Å². The van der Waals surface area contributed by atoms with E-state index in [-0.39, 0.29) is 12.0 Å². The molecule has 3 nitrogen and oxygen atoms in total. The van der Waals surface area contributed by atoms with Gasteiger partial charge >= 0.3 is 0 Å². The highest BCUT2D eigenvalue weighted by atomic mass is 16.7. The molecule has 0 radical (unpaired) electrons. The van der Waals surface area contributed by atoms with E-state index in [1.54, 1.807) is 0 Å². The molecule has 0 heterocycles. The van der Waals surface area contributed by atoms with Crippen LogP contribution in [0.1, 0.15) is 71.1 Å². The van der Waals surface area contributed by atoms with Crippen LogP contribution >= 0.6 is 0 Å². The third kappa shape index (κ3) is 6.11. The summed E-state index contributed by atoms with van der Waals surface area (Å²) in [6.45, 7) is 2.14. The highest BCUT2D eigenvalue weighted by molar-refractivity contribution is 5.74. The lowest BCUT2D eigenvalue weighted by atomic mass is 10.2. The number of hydrogen-bond acceptors (Lipinski definition) is 2. The molecule has 0 saturated heterocycles. The standard InChI is InChI=1S/C13H25NO2/c1-2-3-6-11-13(15)14-16-12-9-7-4-5-8-10-12/h12H,2-11H2,1H3,(H,14,15). The van der Waals surface area contributed by atoms with Crippen LogP contribution in [0.3, 0.4) is 0 Å². The Hall–Kier alpha value is -0.570. The Bertz CT molecular complexity index is 186. The molecule has 1 N–H and O–H groups in total. The van der Waals surface area contributed by atoms with Crippen LogP contribution in [0, 0.1) is 0 Å². The topological polar surface area (TPSA) is 38.3 Å². The van der Waals surface area contributed by atoms with Gasteiger partial charge in [0.2, 0.25) is 5.91 Å². The first-order valence-corrected chi connectivity index (χ1v) is 6.77. The van der Waals surface area contributed by atoms with Crippen molar-refractivity contribution in [2.45, 2.75) is 77.2 Å². The second-order valence-corrected chi connectivity index (χ2v) is 4.71. The first-order chi connectivity index (χ1) is 7.83. The van der Waals surface area contributed by atoms with Crippen LogP contribution < -0.4 is 5.48 Å². The SMILES string of the molecule is CCCCCC(=O)NOC1CCCCCC1. The maximum Gasteiger partial charge on any atom is 0.243 e. The van der Waals surface area contributed by atoms with Crippen LogP contribution in [-0.2, 0) is 9.63 Å². The van der Waals surface area contributed by atoms with Gasteiger partial charge in [0.1, 0.15) is 0 Å². The summed E-state index contributed by atoms with van der Waals surface area (Å²) in [5, 5.41) is 0. The summed E-state index contributed by atoms with van der Waals surface area (Å²) in [6.07, 6.45) is 11.4. The number of nitrogens with one attached hydrogen (secondary N) is 1. The molecule has 94 valence electrons. The van der Waals surface area contributed by atoms with Gasteiger partial charge in [-0.25, -0.2) is 5.48 Å². The van der Waals surface area contributed by atoms with E-state index in [2.05, 4.69) is 12.4 Å². The molecule has 1 aliphatic rings. The van der Waals surface area contributed by atoms with Crippen LogP contribution in [0.25, 0.3) is 0 Å². The van der Waals surface area contributed by atoms with Crippen molar-refractivity contribution in [3.63, 3.8) is 0 Å². The Morgan fingerprint density at radius 1 is 1.19 bits per heavy atom. The molecule has 3 heteroatoms. The minimum atomic E-state index is 0.0395. The number of carbonyl (C=O) groups is 1. The van der Waals surface area contributed by atoms with Crippen molar-refractivity contribution in [2.75, 3.05) is 0 Å². The predicted molar refractivity (Wildman–Crippen MR) is 64.9 cm³/mol. The lowest BCUT2D eigenvalue weighted by molar-refractivity contribution is -0.139. The second-order valence-electron chi connectivity index (χ2n) is 4.71. The van der Waals surface area contributed by atoms with E-state index in [1.165, 1.54) is 25.7 Å². The number of amides is 1. The Morgan fingerprint density at radius 2 is 1.88 bits per heavy atom. The molecule has 0 aromatic rings. The van der Waals surface area contributed by atoms with Crippen LogP contribution in [0.4, 0.5) is 0 Å². The quantitative estimate of drug-likeness (QED) is 0.429. The van der Waals surface area contributed by atoms with E-state index in [0.717, 1.165) is 32.1 Å². The van der Waals surface area contributed by atoms with Gasteiger partial charge in [-0.1, -0.05) is 45.4 Å². The Morgan fingerprint density at radius 3 is 2.50 bits per heavy atom. The number of hydrogen-bond donors (Lipinski definition) is 1. The summed E-state index contributed by atoms with van der Waals surface area (Å²) in [7, 11) is 0. The zero-order chi connectivity index (χ0) is 11.6. The van der Waals surface area contributed by atoms with Gasteiger partial charge in [-0.2, -0.15) is 0 Å². The minimum absolute atomic E-state index is 0.0395. The fourth-order valence-corrected chi connectivity index (χ4v) is 2.10. The largest absolute Gasteiger partial charge is 0.273 e. The molecule has 0 aromatic carbocycles. The predicted octanol–water partition coefficient (Wildman–Crippen LogP) is 3.34. The Labute approximate surface area is 98.9 Å². The van der Waals surface area contributed by atoms with Gasteiger partial charge in [0.25, 0.3) is 0 Å². The maximum atomic E-state index is 11.4. The molecule has 1 rings (SSSR count). The summed E-state index contributed by atoms with van der Waals surface area (Å²) in [6, 6.07) is 0. The monoisotopic (exact) mass is 227 g/mol. The van der Waals surface area contributed by atoms with Gasteiger partial charge in [-0.15, -0.1) is 0 Å². The van der Waals surface area contributed by atoms with Gasteiger partial charge in [0.05, 0.1) is 6.10 Å². The normalized spacial score (nSPS) is 18.1. The molecule has 0 atom stereocenters. The molecule has 0 unspecified atom stereocenters. The lowest BCUT2D eigenvalue weighted by Gasteiger charge is -2.15. The first kappa shape index (κ1) is 13.5. The highest BCUT2D eigenvalue weighted by Gasteiger charge is 2.13. The molecule has 0 aromatic heterocycles. The van der Waals surface area contributed by atoms with E-state index in [1.807, 2.05) is 0 Å². The molecule has 1 fully saturated rings. The average Bonchev–Trinajstić information content (AvgIpc) is 2.55. The van der Waals surface area contributed by atoms with E-state index in [0.29, 0.717) is 6.42 Å². The van der Waals surface area contributed by atoms with Gasteiger partial charge in [-0.05, 0) is 19.3 Å². The van der Waals surface area contributed by atoms with Crippen LogP contribution in [0.2, 0.25) is 0 Å². The van der Waals surface area contributed by atoms with E-state index < -0.39 is 0 Å². The summed E-state index contributed by atoms with van der Waals surface area (Å²) >= 11 is 0. The third-order valence-electron chi connectivity index (χ3n) is 3.15.